The molecule has 0 nitrogen and oxygen atoms in total. The van der Waals surface area contributed by atoms with Crippen molar-refractivity contribution in [3.8, 4) is 0 Å². The van der Waals surface area contributed by atoms with Crippen LogP contribution in [0, 0.1) is 35.1 Å². The molecule has 0 saturated heterocycles. The smallest absolute Gasteiger partial charge is 0.207 e. The lowest BCUT2D eigenvalue weighted by Gasteiger charge is -2.46. The minimum Gasteiger partial charge on any atom is -0.207 e. The molecule has 0 heterocycles. The van der Waals surface area contributed by atoms with Crippen molar-refractivity contribution in [1.82, 2.24) is 0 Å². The molecule has 0 aliphatic heterocycles. The number of rotatable bonds is 2. The molecule has 2 aliphatic rings. The number of halogens is 7. The number of fused-ring (bicyclic) bond motifs is 3. The van der Waals surface area contributed by atoms with Crippen molar-refractivity contribution in [2.24, 2.45) is 11.8 Å². The maximum absolute atomic E-state index is 14.4. The Morgan fingerprint density at radius 3 is 2.16 bits per heavy atom. The first-order valence-corrected chi connectivity index (χ1v) is 10.3. The number of hydrogen-bond donors (Lipinski definition) is 0. The summed E-state index contributed by atoms with van der Waals surface area (Å²) in [5, 5.41) is 0. The lowest BCUT2D eigenvalue weighted by molar-refractivity contribution is -0.142. The van der Waals surface area contributed by atoms with Gasteiger partial charge in [0.15, 0.2) is 0 Å². The Hall–Kier alpha value is -2.31. The Morgan fingerprint density at radius 2 is 1.55 bits per heavy atom. The molecule has 1 fully saturated rings. The van der Waals surface area contributed by atoms with Gasteiger partial charge in [0.2, 0.25) is 0 Å². The Morgan fingerprint density at radius 1 is 0.871 bits per heavy atom. The van der Waals surface area contributed by atoms with E-state index >= 15 is 0 Å². The molecule has 166 valence electrons. The largest absolute Gasteiger partial charge is 0.422 e. The Labute approximate surface area is 175 Å². The van der Waals surface area contributed by atoms with Crippen LogP contribution < -0.4 is 0 Å². The van der Waals surface area contributed by atoms with E-state index in [2.05, 4.69) is 0 Å². The standard InChI is InChI=1S/C24H21F7/c1-2-3-12-4-5-15-17(7-6-16-18(15)10-14(25)11-19(16)26)22(12)13-8-20(27)23(21(28)9-13)24(29,30)31/h2-3,8-12,15,17,22H,4-7H2,1H3. The molecule has 0 aromatic heterocycles. The first-order chi connectivity index (χ1) is 14.6. The molecule has 1 saturated carbocycles. The van der Waals surface area contributed by atoms with Gasteiger partial charge < -0.3 is 0 Å². The van der Waals surface area contributed by atoms with E-state index in [4.69, 9.17) is 0 Å². The monoisotopic (exact) mass is 442 g/mol. The van der Waals surface area contributed by atoms with E-state index in [9.17, 15) is 30.7 Å². The first kappa shape index (κ1) is 21.9. The van der Waals surface area contributed by atoms with Gasteiger partial charge in [0, 0.05) is 6.07 Å². The zero-order chi connectivity index (χ0) is 22.5. The molecule has 2 aromatic carbocycles. The maximum Gasteiger partial charge on any atom is 0.422 e. The first-order valence-electron chi connectivity index (χ1n) is 10.3. The summed E-state index contributed by atoms with van der Waals surface area (Å²) < 4.78 is 96.1. The van der Waals surface area contributed by atoms with E-state index in [-0.39, 0.29) is 23.3 Å². The van der Waals surface area contributed by atoms with Crippen LogP contribution in [0.25, 0.3) is 0 Å². The van der Waals surface area contributed by atoms with Gasteiger partial charge in [-0.05, 0) is 91.2 Å². The van der Waals surface area contributed by atoms with E-state index in [1.807, 2.05) is 12.2 Å². The zero-order valence-electron chi connectivity index (χ0n) is 16.7. The molecule has 31 heavy (non-hydrogen) atoms. The summed E-state index contributed by atoms with van der Waals surface area (Å²) in [6.45, 7) is 1.80. The Balaban J connectivity index is 1.81. The Kier molecular flexibility index (Phi) is 5.64. The van der Waals surface area contributed by atoms with Gasteiger partial charge >= 0.3 is 6.18 Å². The van der Waals surface area contributed by atoms with Gasteiger partial charge in [-0.15, -0.1) is 0 Å². The van der Waals surface area contributed by atoms with Crippen molar-refractivity contribution in [3.63, 3.8) is 0 Å². The van der Waals surface area contributed by atoms with Crippen LogP contribution in [0.4, 0.5) is 30.7 Å². The van der Waals surface area contributed by atoms with Gasteiger partial charge in [-0.1, -0.05) is 12.2 Å². The van der Waals surface area contributed by atoms with Crippen LogP contribution in [0.15, 0.2) is 36.4 Å². The highest BCUT2D eigenvalue weighted by atomic mass is 19.4. The number of hydrogen-bond acceptors (Lipinski definition) is 0. The van der Waals surface area contributed by atoms with Gasteiger partial charge in [0.05, 0.1) is 0 Å². The summed E-state index contributed by atoms with van der Waals surface area (Å²) in [6, 6.07) is 3.72. The molecule has 0 N–H and O–H groups in total. The van der Waals surface area contributed by atoms with Gasteiger partial charge in [-0.3, -0.25) is 0 Å². The third kappa shape index (κ3) is 3.87. The van der Waals surface area contributed by atoms with E-state index in [0.717, 1.165) is 18.2 Å². The average Bonchev–Trinajstić information content (AvgIpc) is 2.65. The summed E-state index contributed by atoms with van der Waals surface area (Å²) in [5.74, 6) is -5.59. The minimum atomic E-state index is -5.14. The number of alkyl halides is 3. The molecule has 4 rings (SSSR count). The second-order valence-electron chi connectivity index (χ2n) is 8.41. The Bertz CT molecular complexity index is 998. The summed E-state index contributed by atoms with van der Waals surface area (Å²) in [4.78, 5) is 0. The van der Waals surface area contributed by atoms with Crippen LogP contribution in [0.5, 0.6) is 0 Å². The van der Waals surface area contributed by atoms with Crippen LogP contribution in [-0.4, -0.2) is 0 Å². The van der Waals surface area contributed by atoms with E-state index in [0.29, 0.717) is 36.8 Å². The zero-order valence-corrected chi connectivity index (χ0v) is 16.7. The van der Waals surface area contributed by atoms with Crippen LogP contribution in [0.1, 0.15) is 60.3 Å². The molecule has 0 spiro atoms. The summed E-state index contributed by atoms with van der Waals surface area (Å²) in [6.07, 6.45) is 0.649. The van der Waals surface area contributed by atoms with E-state index in [1.54, 1.807) is 6.92 Å². The second kappa shape index (κ2) is 7.99. The predicted octanol–water partition coefficient (Wildman–Crippen LogP) is 7.68. The van der Waals surface area contributed by atoms with Gasteiger partial charge in [-0.25, -0.2) is 17.6 Å². The fraction of sp³-hybridized carbons (Fsp3) is 0.417. The van der Waals surface area contributed by atoms with Crippen molar-refractivity contribution < 1.29 is 30.7 Å². The van der Waals surface area contributed by atoms with Gasteiger partial charge in [0.1, 0.15) is 28.8 Å². The third-order valence-corrected chi connectivity index (χ3v) is 6.74. The molecular formula is C24H21F7. The normalized spacial score (nSPS) is 26.1. The highest BCUT2D eigenvalue weighted by molar-refractivity contribution is 5.39. The quantitative estimate of drug-likeness (QED) is 0.331. The lowest BCUT2D eigenvalue weighted by atomic mass is 9.58. The molecule has 0 bridgehead atoms. The van der Waals surface area contributed by atoms with Crippen molar-refractivity contribution in [2.45, 2.75) is 50.6 Å². The highest BCUT2D eigenvalue weighted by Crippen LogP contribution is 2.55. The van der Waals surface area contributed by atoms with Crippen LogP contribution in [-0.2, 0) is 12.6 Å². The summed E-state index contributed by atoms with van der Waals surface area (Å²) >= 11 is 0. The average molecular weight is 442 g/mol. The third-order valence-electron chi connectivity index (χ3n) is 6.74. The van der Waals surface area contributed by atoms with Crippen LogP contribution in [0.3, 0.4) is 0 Å². The van der Waals surface area contributed by atoms with Gasteiger partial charge in [0.25, 0.3) is 0 Å². The number of allylic oxidation sites excluding steroid dienone is 2. The fourth-order valence-corrected chi connectivity index (χ4v) is 5.64. The molecule has 2 aromatic rings. The lowest BCUT2D eigenvalue weighted by Crippen LogP contribution is -2.35. The molecule has 0 amide bonds. The topological polar surface area (TPSA) is 0 Å². The second-order valence-corrected chi connectivity index (χ2v) is 8.41. The van der Waals surface area contributed by atoms with Crippen molar-refractivity contribution >= 4 is 0 Å². The summed E-state index contributed by atoms with van der Waals surface area (Å²) in [7, 11) is 0. The van der Waals surface area contributed by atoms with E-state index in [1.165, 1.54) is 6.07 Å². The number of benzene rings is 2. The summed E-state index contributed by atoms with van der Waals surface area (Å²) in [5.41, 5.74) is -0.730. The molecule has 2 aliphatic carbocycles. The highest BCUT2D eigenvalue weighted by Gasteiger charge is 2.44. The molecule has 0 radical (unpaired) electrons. The molecular weight excluding hydrogens is 421 g/mol. The predicted molar refractivity (Wildman–Crippen MR) is 103 cm³/mol. The van der Waals surface area contributed by atoms with Crippen molar-refractivity contribution in [1.29, 1.82) is 0 Å². The van der Waals surface area contributed by atoms with Crippen LogP contribution in [0.2, 0.25) is 0 Å². The maximum atomic E-state index is 14.4. The SMILES string of the molecule is CC=CC1CCC2c3cc(F)cc(F)c3CCC2C1c1cc(F)c(C(F)(F)F)c(F)c1. The van der Waals surface area contributed by atoms with Crippen LogP contribution >= 0.6 is 0 Å². The molecule has 4 atom stereocenters. The van der Waals surface area contributed by atoms with E-state index < -0.39 is 40.9 Å². The fourth-order valence-electron chi connectivity index (χ4n) is 5.64. The minimum absolute atomic E-state index is 0.137. The molecule has 7 heteroatoms. The van der Waals surface area contributed by atoms with Crippen molar-refractivity contribution in [2.75, 3.05) is 0 Å². The van der Waals surface area contributed by atoms with Crippen molar-refractivity contribution in [3.05, 3.63) is 81.9 Å². The van der Waals surface area contributed by atoms with Gasteiger partial charge in [-0.2, -0.15) is 13.2 Å². The molecule has 4 unspecified atom stereocenters.